The molecule has 4 amide bonds. The number of hydrogen-bond donors (Lipinski definition) is 8. The summed E-state index contributed by atoms with van der Waals surface area (Å²) < 4.78 is 0. The number of hydrogen-bond acceptors (Lipinski definition) is 8. The summed E-state index contributed by atoms with van der Waals surface area (Å²) in [6.07, 6.45) is 6.12. The van der Waals surface area contributed by atoms with E-state index in [1.165, 1.54) is 32.0 Å². The fourth-order valence-corrected chi connectivity index (χ4v) is 2.72. The number of rotatable bonds is 13. The number of aliphatic carboxylic acids is 1. The summed E-state index contributed by atoms with van der Waals surface area (Å²) in [5, 5.41) is 18.1. The first-order valence-electron chi connectivity index (χ1n) is 10.2. The summed E-state index contributed by atoms with van der Waals surface area (Å²) >= 11 is 0. The Hall–Kier alpha value is -4.27. The number of aromatic nitrogens is 4. The number of carbonyl (C=O) groups excluding carboxylic acids is 4. The Morgan fingerprint density at radius 3 is 2.06 bits per heavy atom. The van der Waals surface area contributed by atoms with Crippen LogP contribution in [0, 0.1) is 0 Å². The molecule has 9 N–H and O–H groups in total. The zero-order chi connectivity index (χ0) is 25.1. The third kappa shape index (κ3) is 8.70. The highest BCUT2D eigenvalue weighted by molar-refractivity contribution is 5.93. The summed E-state index contributed by atoms with van der Waals surface area (Å²) in [4.78, 5) is 72.9. The molecule has 0 saturated carbocycles. The molecule has 3 atom stereocenters. The highest BCUT2D eigenvalue weighted by Gasteiger charge is 2.25. The Labute approximate surface area is 193 Å². The standard InChI is InChI=1S/C19H27N9O6/c1-10(19(33)34)27-16(30)7-23-15(29)6-24-18(32)14(3-12-5-22-9-26-12)28-17(31)13(20)2-11-4-21-8-25-11/h4-5,8-10,13-14H,2-3,6-7,20H2,1H3,(H,21,25)(H,22,26)(H,23,29)(H,24,32)(H,27,30)(H,28,31)(H,33,34)/t10-,13-,14-/m0/s1. The van der Waals surface area contributed by atoms with E-state index in [0.29, 0.717) is 11.4 Å². The maximum absolute atomic E-state index is 12.7. The number of carbonyl (C=O) groups is 5. The number of H-pyrrole nitrogens is 2. The monoisotopic (exact) mass is 477 g/mol. The molecule has 0 bridgehead atoms. The summed E-state index contributed by atoms with van der Waals surface area (Å²) in [7, 11) is 0. The Morgan fingerprint density at radius 1 is 0.912 bits per heavy atom. The minimum atomic E-state index is -1.22. The molecule has 2 heterocycles. The van der Waals surface area contributed by atoms with Gasteiger partial charge >= 0.3 is 5.97 Å². The molecular weight excluding hydrogens is 450 g/mol. The highest BCUT2D eigenvalue weighted by atomic mass is 16.4. The van der Waals surface area contributed by atoms with Gasteiger partial charge in [0, 0.05) is 36.6 Å². The SMILES string of the molecule is C[C@H](NC(=O)CNC(=O)CNC(=O)[C@H](Cc1cnc[nH]1)NC(=O)[C@@H](N)Cc1cnc[nH]1)C(=O)O. The fraction of sp³-hybridized carbons (Fsp3) is 0.421. The van der Waals surface area contributed by atoms with Gasteiger partial charge in [0.25, 0.3) is 0 Å². The third-order valence-electron chi connectivity index (χ3n) is 4.56. The number of aromatic amines is 2. The van der Waals surface area contributed by atoms with Crippen LogP contribution in [0.2, 0.25) is 0 Å². The van der Waals surface area contributed by atoms with E-state index in [4.69, 9.17) is 10.8 Å². The minimum Gasteiger partial charge on any atom is -0.480 e. The van der Waals surface area contributed by atoms with Gasteiger partial charge in [0.15, 0.2) is 0 Å². The highest BCUT2D eigenvalue weighted by Crippen LogP contribution is 2.02. The van der Waals surface area contributed by atoms with Gasteiger partial charge in [-0.3, -0.25) is 24.0 Å². The second-order valence-corrected chi connectivity index (χ2v) is 7.35. The zero-order valence-electron chi connectivity index (χ0n) is 18.3. The van der Waals surface area contributed by atoms with Crippen molar-refractivity contribution in [3.05, 3.63) is 36.4 Å². The molecule has 0 fully saturated rings. The van der Waals surface area contributed by atoms with Crippen molar-refractivity contribution in [2.24, 2.45) is 5.73 Å². The van der Waals surface area contributed by atoms with E-state index in [1.807, 2.05) is 0 Å². The molecule has 184 valence electrons. The molecule has 0 aliphatic carbocycles. The zero-order valence-corrected chi connectivity index (χ0v) is 18.3. The van der Waals surface area contributed by atoms with Gasteiger partial charge in [0.2, 0.25) is 23.6 Å². The van der Waals surface area contributed by atoms with E-state index in [0.717, 1.165) is 0 Å². The van der Waals surface area contributed by atoms with E-state index in [9.17, 15) is 24.0 Å². The first-order chi connectivity index (χ1) is 16.2. The van der Waals surface area contributed by atoms with Crippen LogP contribution in [0.1, 0.15) is 18.3 Å². The summed E-state index contributed by atoms with van der Waals surface area (Å²) in [6.45, 7) is 0.330. The molecule has 0 aliphatic rings. The molecule has 0 spiro atoms. The fourth-order valence-electron chi connectivity index (χ4n) is 2.72. The molecule has 0 radical (unpaired) electrons. The lowest BCUT2D eigenvalue weighted by Crippen LogP contribution is -2.54. The second kappa shape index (κ2) is 12.7. The van der Waals surface area contributed by atoms with Crippen LogP contribution >= 0.6 is 0 Å². The van der Waals surface area contributed by atoms with Crippen molar-refractivity contribution in [2.75, 3.05) is 13.1 Å². The summed E-state index contributed by atoms with van der Waals surface area (Å²) in [5.41, 5.74) is 7.14. The van der Waals surface area contributed by atoms with Crippen molar-refractivity contribution in [2.45, 2.75) is 37.9 Å². The number of nitrogens with two attached hydrogens (primary N) is 1. The van der Waals surface area contributed by atoms with E-state index in [-0.39, 0.29) is 12.8 Å². The summed E-state index contributed by atoms with van der Waals surface area (Å²) in [6, 6.07) is -3.13. The van der Waals surface area contributed by atoms with Crippen molar-refractivity contribution in [1.82, 2.24) is 41.2 Å². The lowest BCUT2D eigenvalue weighted by atomic mass is 10.1. The van der Waals surface area contributed by atoms with E-state index in [2.05, 4.69) is 41.2 Å². The molecule has 34 heavy (non-hydrogen) atoms. The van der Waals surface area contributed by atoms with Gasteiger partial charge in [0.05, 0.1) is 31.8 Å². The van der Waals surface area contributed by atoms with Crippen LogP contribution in [0.5, 0.6) is 0 Å². The normalized spacial score (nSPS) is 13.2. The van der Waals surface area contributed by atoms with Gasteiger partial charge in [-0.2, -0.15) is 0 Å². The molecule has 15 heteroatoms. The molecule has 0 saturated heterocycles. The van der Waals surface area contributed by atoms with Gasteiger partial charge in [-0.15, -0.1) is 0 Å². The van der Waals surface area contributed by atoms with Gasteiger partial charge < -0.3 is 42.1 Å². The van der Waals surface area contributed by atoms with Gasteiger partial charge in [-0.1, -0.05) is 0 Å². The van der Waals surface area contributed by atoms with Crippen LogP contribution in [0.15, 0.2) is 25.0 Å². The minimum absolute atomic E-state index is 0.0610. The van der Waals surface area contributed by atoms with Crippen molar-refractivity contribution >= 4 is 29.6 Å². The summed E-state index contributed by atoms with van der Waals surface area (Å²) in [5.74, 6) is -3.85. The van der Waals surface area contributed by atoms with E-state index in [1.54, 1.807) is 0 Å². The van der Waals surface area contributed by atoms with Crippen molar-refractivity contribution < 1.29 is 29.1 Å². The van der Waals surface area contributed by atoms with Crippen LogP contribution in [0.25, 0.3) is 0 Å². The molecule has 15 nitrogen and oxygen atoms in total. The smallest absolute Gasteiger partial charge is 0.325 e. The average Bonchev–Trinajstić information content (AvgIpc) is 3.49. The number of amides is 4. The Kier molecular flexibility index (Phi) is 9.70. The second-order valence-electron chi connectivity index (χ2n) is 7.35. The number of carboxylic acids is 1. The molecule has 0 aromatic carbocycles. The van der Waals surface area contributed by atoms with Crippen LogP contribution in [0.3, 0.4) is 0 Å². The quantitative estimate of drug-likeness (QED) is 0.143. The lowest BCUT2D eigenvalue weighted by Gasteiger charge is -2.20. The third-order valence-corrected chi connectivity index (χ3v) is 4.56. The molecule has 2 aromatic rings. The van der Waals surface area contributed by atoms with Crippen LogP contribution in [-0.4, -0.2) is 85.9 Å². The first-order valence-corrected chi connectivity index (χ1v) is 10.2. The van der Waals surface area contributed by atoms with Crippen molar-refractivity contribution in [3.8, 4) is 0 Å². The molecular formula is C19H27N9O6. The van der Waals surface area contributed by atoms with Crippen molar-refractivity contribution in [1.29, 1.82) is 0 Å². The van der Waals surface area contributed by atoms with Gasteiger partial charge in [-0.05, 0) is 6.92 Å². The Balaban J connectivity index is 1.87. The Morgan fingerprint density at radius 2 is 1.50 bits per heavy atom. The largest absolute Gasteiger partial charge is 0.480 e. The maximum Gasteiger partial charge on any atom is 0.325 e. The van der Waals surface area contributed by atoms with Gasteiger partial charge in [0.1, 0.15) is 12.1 Å². The van der Waals surface area contributed by atoms with Crippen LogP contribution < -0.4 is 27.0 Å². The molecule has 2 rings (SSSR count). The maximum atomic E-state index is 12.7. The number of nitrogens with one attached hydrogen (secondary N) is 6. The molecule has 0 unspecified atom stereocenters. The predicted octanol–water partition coefficient (Wildman–Crippen LogP) is -3.45. The predicted molar refractivity (Wildman–Crippen MR) is 116 cm³/mol. The van der Waals surface area contributed by atoms with Crippen LogP contribution in [0.4, 0.5) is 0 Å². The first kappa shape index (κ1) is 26.0. The number of nitrogens with zero attached hydrogens (tertiary/aromatic N) is 2. The number of carboxylic acid groups (broad SMARTS) is 1. The topological polar surface area (TPSA) is 237 Å². The van der Waals surface area contributed by atoms with E-state index >= 15 is 0 Å². The Bertz CT molecular complexity index is 977. The lowest BCUT2D eigenvalue weighted by molar-refractivity contribution is -0.141. The average molecular weight is 477 g/mol. The van der Waals surface area contributed by atoms with E-state index < -0.39 is 60.8 Å². The molecule has 2 aromatic heterocycles. The van der Waals surface area contributed by atoms with Gasteiger partial charge in [-0.25, -0.2) is 9.97 Å². The van der Waals surface area contributed by atoms with Crippen LogP contribution in [-0.2, 0) is 36.8 Å². The van der Waals surface area contributed by atoms with Crippen molar-refractivity contribution in [3.63, 3.8) is 0 Å². The number of imidazole rings is 2. The molecule has 0 aliphatic heterocycles.